The molecule has 0 aliphatic carbocycles. The van der Waals surface area contributed by atoms with Crippen LogP contribution >= 0.6 is 23.1 Å². The number of nitrogens with one attached hydrogen (secondary N) is 1. The Bertz CT molecular complexity index is 1220. The van der Waals surface area contributed by atoms with Crippen molar-refractivity contribution < 1.29 is 4.79 Å². The van der Waals surface area contributed by atoms with Crippen LogP contribution in [0.15, 0.2) is 65.1 Å². The molecule has 0 saturated carbocycles. The number of carbonyl (C=O) groups is 1. The van der Waals surface area contributed by atoms with Crippen LogP contribution in [0.2, 0.25) is 0 Å². The minimum absolute atomic E-state index is 0.137. The van der Waals surface area contributed by atoms with E-state index in [1.54, 1.807) is 11.8 Å². The van der Waals surface area contributed by atoms with E-state index in [4.69, 9.17) is 0 Å². The molecule has 0 fully saturated rings. The third-order valence-electron chi connectivity index (χ3n) is 5.15. The number of aryl methyl sites for hydroxylation is 1. The number of rotatable bonds is 10. The van der Waals surface area contributed by atoms with Crippen LogP contribution in [0.3, 0.4) is 0 Å². The van der Waals surface area contributed by atoms with Gasteiger partial charge in [-0.2, -0.15) is 0 Å². The number of likely N-dealkylation sites (N-methyl/N-ethyl adjacent to an activating group) is 1. The number of hydrogen-bond donors (Lipinski definition) is 1. The van der Waals surface area contributed by atoms with Crippen LogP contribution in [0.5, 0.6) is 0 Å². The smallest absolute Gasteiger partial charge is 0.270 e. The molecule has 0 saturated heterocycles. The Morgan fingerprint density at radius 3 is 2.59 bits per heavy atom. The van der Waals surface area contributed by atoms with Gasteiger partial charge in [-0.15, -0.1) is 21.5 Å². The van der Waals surface area contributed by atoms with Gasteiger partial charge in [0.05, 0.1) is 5.75 Å². The predicted molar refractivity (Wildman–Crippen MR) is 138 cm³/mol. The first-order valence-corrected chi connectivity index (χ1v) is 12.9. The second kappa shape index (κ2) is 11.4. The average molecular weight is 493 g/mol. The number of carbonyl (C=O) groups excluding carboxylic acids is 1. The Morgan fingerprint density at radius 2 is 1.85 bits per heavy atom. The van der Waals surface area contributed by atoms with Gasteiger partial charge < -0.3 is 10.2 Å². The number of thioether (sulfide) groups is 1. The summed E-state index contributed by atoms with van der Waals surface area (Å²) in [4.78, 5) is 18.9. The van der Waals surface area contributed by atoms with E-state index in [1.165, 1.54) is 22.5 Å². The Kier molecular flexibility index (Phi) is 8.10. The lowest BCUT2D eigenvalue weighted by Crippen LogP contribution is -2.31. The van der Waals surface area contributed by atoms with E-state index in [0.29, 0.717) is 24.4 Å². The van der Waals surface area contributed by atoms with Crippen LogP contribution < -0.4 is 5.32 Å². The summed E-state index contributed by atoms with van der Waals surface area (Å²) in [5.74, 6) is 1.37. The summed E-state index contributed by atoms with van der Waals surface area (Å²) in [5, 5.41) is 15.4. The second-order valence-electron chi connectivity index (χ2n) is 8.21. The fourth-order valence-electron chi connectivity index (χ4n) is 3.33. The first-order valence-electron chi connectivity index (χ1n) is 11.0. The summed E-state index contributed by atoms with van der Waals surface area (Å²) in [6, 6.07) is 18.7. The number of amides is 1. The van der Waals surface area contributed by atoms with Crippen molar-refractivity contribution in [3.63, 3.8) is 0 Å². The lowest BCUT2D eigenvalue weighted by Gasteiger charge is -2.10. The van der Waals surface area contributed by atoms with Crippen molar-refractivity contribution in [2.24, 2.45) is 0 Å². The lowest BCUT2D eigenvalue weighted by molar-refractivity contribution is 0.0946. The fourth-order valence-corrected chi connectivity index (χ4v) is 5.09. The molecule has 0 radical (unpaired) electrons. The van der Waals surface area contributed by atoms with Crippen molar-refractivity contribution in [1.29, 1.82) is 0 Å². The molecule has 0 unspecified atom stereocenters. The quantitative estimate of drug-likeness (QED) is 0.334. The van der Waals surface area contributed by atoms with Gasteiger partial charge in [-0.05, 0) is 38.7 Å². The molecule has 2 heterocycles. The first-order chi connectivity index (χ1) is 16.5. The van der Waals surface area contributed by atoms with Gasteiger partial charge in [0, 0.05) is 30.6 Å². The third-order valence-corrected chi connectivity index (χ3v) is 7.12. The molecule has 0 atom stereocenters. The topological polar surface area (TPSA) is 75.9 Å². The minimum Gasteiger partial charge on any atom is -0.349 e. The van der Waals surface area contributed by atoms with Crippen molar-refractivity contribution in [2.45, 2.75) is 24.3 Å². The molecule has 7 nitrogen and oxygen atoms in total. The van der Waals surface area contributed by atoms with E-state index in [9.17, 15) is 4.79 Å². The van der Waals surface area contributed by atoms with E-state index in [1.807, 2.05) is 42.6 Å². The normalized spacial score (nSPS) is 11.2. The molecule has 176 valence electrons. The van der Waals surface area contributed by atoms with Crippen molar-refractivity contribution in [3.05, 3.63) is 87.6 Å². The van der Waals surface area contributed by atoms with Crippen molar-refractivity contribution in [2.75, 3.05) is 27.2 Å². The van der Waals surface area contributed by atoms with E-state index in [-0.39, 0.29) is 5.91 Å². The summed E-state index contributed by atoms with van der Waals surface area (Å²) in [6.45, 7) is 3.46. The van der Waals surface area contributed by atoms with Gasteiger partial charge in [-0.25, -0.2) is 4.98 Å². The minimum atomic E-state index is -0.137. The molecule has 1 amide bonds. The summed E-state index contributed by atoms with van der Waals surface area (Å²) in [5.41, 5.74) is 3.88. The molecule has 2 aromatic carbocycles. The van der Waals surface area contributed by atoms with Gasteiger partial charge in [0.1, 0.15) is 16.5 Å². The highest BCUT2D eigenvalue weighted by atomic mass is 32.2. The number of nitrogens with zero attached hydrogens (tertiary/aromatic N) is 5. The fraction of sp³-hybridized carbons (Fsp3) is 0.280. The molecular formula is C25H28N6OS2. The molecule has 0 spiro atoms. The molecule has 34 heavy (non-hydrogen) atoms. The first kappa shape index (κ1) is 24.1. The molecule has 4 aromatic rings. The number of hydrogen-bond acceptors (Lipinski definition) is 7. The zero-order valence-corrected chi connectivity index (χ0v) is 21.2. The molecule has 9 heteroatoms. The van der Waals surface area contributed by atoms with E-state index >= 15 is 0 Å². The predicted octanol–water partition coefficient (Wildman–Crippen LogP) is 4.21. The van der Waals surface area contributed by atoms with Crippen LogP contribution in [0, 0.1) is 6.92 Å². The van der Waals surface area contributed by atoms with E-state index in [2.05, 4.69) is 68.4 Å². The molecule has 2 aromatic heterocycles. The maximum atomic E-state index is 12.3. The molecular weight excluding hydrogens is 464 g/mol. The van der Waals surface area contributed by atoms with E-state index in [0.717, 1.165) is 28.2 Å². The van der Waals surface area contributed by atoms with Crippen LogP contribution in [0.4, 0.5) is 0 Å². The molecule has 0 aliphatic heterocycles. The van der Waals surface area contributed by atoms with Crippen molar-refractivity contribution in [3.8, 4) is 5.69 Å². The lowest BCUT2D eigenvalue weighted by atomic mass is 10.1. The Morgan fingerprint density at radius 1 is 1.09 bits per heavy atom. The summed E-state index contributed by atoms with van der Waals surface area (Å²) >= 11 is 3.07. The van der Waals surface area contributed by atoms with Gasteiger partial charge in [0.15, 0.2) is 5.16 Å². The van der Waals surface area contributed by atoms with Crippen LogP contribution in [-0.4, -0.2) is 57.7 Å². The Hall–Kier alpha value is -3.01. The SMILES string of the molecule is Cc1ccc(-n2c(Cc3ccccc3)nnc2SCc2nc(C(=O)NCCN(C)C)cs2)cc1. The highest BCUT2D eigenvalue weighted by Crippen LogP contribution is 2.27. The molecule has 0 aliphatic rings. The van der Waals surface area contributed by atoms with Crippen LogP contribution in [0.25, 0.3) is 5.69 Å². The van der Waals surface area contributed by atoms with Gasteiger partial charge in [-0.1, -0.05) is 59.8 Å². The Balaban J connectivity index is 1.49. The maximum absolute atomic E-state index is 12.3. The highest BCUT2D eigenvalue weighted by molar-refractivity contribution is 7.98. The largest absolute Gasteiger partial charge is 0.349 e. The monoisotopic (exact) mass is 492 g/mol. The van der Waals surface area contributed by atoms with Gasteiger partial charge in [0.2, 0.25) is 0 Å². The third kappa shape index (κ3) is 6.31. The van der Waals surface area contributed by atoms with Crippen molar-refractivity contribution in [1.82, 2.24) is 30.0 Å². The van der Waals surface area contributed by atoms with Crippen molar-refractivity contribution >= 4 is 29.0 Å². The van der Waals surface area contributed by atoms with Gasteiger partial charge in [0.25, 0.3) is 5.91 Å². The number of thiazole rings is 1. The van der Waals surface area contributed by atoms with Crippen LogP contribution in [0.1, 0.15) is 32.4 Å². The summed E-state index contributed by atoms with van der Waals surface area (Å²) in [7, 11) is 3.95. The maximum Gasteiger partial charge on any atom is 0.270 e. The van der Waals surface area contributed by atoms with Gasteiger partial charge >= 0.3 is 0 Å². The average Bonchev–Trinajstić information content (AvgIpc) is 3.46. The molecule has 0 bridgehead atoms. The zero-order chi connectivity index (χ0) is 23.9. The second-order valence-corrected chi connectivity index (χ2v) is 10.1. The number of aromatic nitrogens is 4. The highest BCUT2D eigenvalue weighted by Gasteiger charge is 2.17. The zero-order valence-electron chi connectivity index (χ0n) is 19.6. The summed E-state index contributed by atoms with van der Waals surface area (Å²) in [6.07, 6.45) is 0.691. The molecule has 4 rings (SSSR count). The van der Waals surface area contributed by atoms with Crippen LogP contribution in [-0.2, 0) is 12.2 Å². The molecule has 1 N–H and O–H groups in total. The van der Waals surface area contributed by atoms with Gasteiger partial charge in [-0.3, -0.25) is 9.36 Å². The standard InChI is InChI=1S/C25H28N6OS2/c1-18-9-11-20(12-10-18)31-22(15-19-7-5-4-6-8-19)28-29-25(31)34-17-23-27-21(16-33-23)24(32)26-13-14-30(2)3/h4-12,16H,13-15,17H2,1-3H3,(H,26,32). The van der Waals surface area contributed by atoms with E-state index < -0.39 is 0 Å². The number of benzene rings is 2. The summed E-state index contributed by atoms with van der Waals surface area (Å²) < 4.78 is 2.11. The Labute approximate surface area is 208 Å².